The molecule has 0 bridgehead atoms. The Hall–Kier alpha value is -1.16. The number of phenols is 1. The number of carbonyl (C=O) groups is 1. The number of hydrogen-bond donors (Lipinski definition) is 1. The summed E-state index contributed by atoms with van der Waals surface area (Å²) in [4.78, 5) is 13.5. The predicted molar refractivity (Wildman–Crippen MR) is 53.0 cm³/mol. The molecule has 1 aromatic rings. The van der Waals surface area contributed by atoms with E-state index in [2.05, 4.69) is 0 Å². The van der Waals surface area contributed by atoms with Crippen LogP contribution in [0.25, 0.3) is 0 Å². The molecule has 0 fully saturated rings. The summed E-state index contributed by atoms with van der Waals surface area (Å²) in [6.45, 7) is 0. The Morgan fingerprint density at radius 1 is 1.46 bits per heavy atom. The second-order valence-electron chi connectivity index (χ2n) is 2.76. The van der Waals surface area contributed by atoms with Gasteiger partial charge in [0.15, 0.2) is 0 Å². The Morgan fingerprint density at radius 3 is 2.69 bits per heavy atom. The molecule has 4 heteroatoms. The van der Waals surface area contributed by atoms with Crippen molar-refractivity contribution < 1.29 is 9.90 Å². The number of aromatic hydroxyl groups is 1. The smallest absolute Gasteiger partial charge is 0.285 e. The monoisotopic (exact) mass is 197 g/mol. The van der Waals surface area contributed by atoms with Gasteiger partial charge in [-0.1, -0.05) is 6.07 Å². The van der Waals surface area contributed by atoms with Crippen LogP contribution in [0.1, 0.15) is 0 Å². The summed E-state index contributed by atoms with van der Waals surface area (Å²) in [5, 5.41) is 9.08. The van der Waals surface area contributed by atoms with Crippen molar-refractivity contribution in [2.45, 2.75) is 4.90 Å². The molecule has 70 valence electrons. The van der Waals surface area contributed by atoms with Gasteiger partial charge < -0.3 is 10.0 Å². The first-order chi connectivity index (χ1) is 6.09. The molecule has 1 amide bonds. The number of benzene rings is 1. The van der Waals surface area contributed by atoms with Crippen molar-refractivity contribution in [2.75, 3.05) is 14.1 Å². The highest BCUT2D eigenvalue weighted by atomic mass is 32.2. The summed E-state index contributed by atoms with van der Waals surface area (Å²) in [6, 6.07) is 6.63. The van der Waals surface area contributed by atoms with Gasteiger partial charge >= 0.3 is 0 Å². The Bertz CT molecular complexity index is 312. The molecule has 3 nitrogen and oxygen atoms in total. The molecule has 0 aliphatic rings. The highest BCUT2D eigenvalue weighted by molar-refractivity contribution is 8.13. The Morgan fingerprint density at radius 2 is 2.15 bits per heavy atom. The number of carbonyl (C=O) groups excluding carboxylic acids is 1. The van der Waals surface area contributed by atoms with Crippen LogP contribution < -0.4 is 0 Å². The molecule has 0 saturated carbocycles. The van der Waals surface area contributed by atoms with Crippen molar-refractivity contribution in [3.05, 3.63) is 24.3 Å². The van der Waals surface area contributed by atoms with E-state index in [4.69, 9.17) is 5.11 Å². The van der Waals surface area contributed by atoms with E-state index >= 15 is 0 Å². The highest BCUT2D eigenvalue weighted by Gasteiger charge is 2.06. The van der Waals surface area contributed by atoms with Crippen LogP contribution in [0.5, 0.6) is 5.75 Å². The van der Waals surface area contributed by atoms with Crippen LogP contribution in [0.3, 0.4) is 0 Å². The molecule has 0 radical (unpaired) electrons. The molecular formula is C9H11NO2S. The minimum Gasteiger partial charge on any atom is -0.508 e. The second kappa shape index (κ2) is 4.18. The fourth-order valence-corrected chi connectivity index (χ4v) is 1.45. The SMILES string of the molecule is CN(C)C(=O)Sc1cccc(O)c1. The first-order valence-corrected chi connectivity index (χ1v) is 4.59. The maximum atomic E-state index is 11.2. The molecule has 0 aliphatic heterocycles. The molecule has 0 aliphatic carbocycles. The zero-order valence-corrected chi connectivity index (χ0v) is 8.34. The number of phenolic OH excluding ortho intramolecular Hbond substituents is 1. The summed E-state index contributed by atoms with van der Waals surface area (Å²) >= 11 is 1.09. The van der Waals surface area contributed by atoms with Crippen LogP contribution in [0.15, 0.2) is 29.2 Å². The van der Waals surface area contributed by atoms with Crippen LogP contribution in [-0.4, -0.2) is 29.3 Å². The first-order valence-electron chi connectivity index (χ1n) is 3.78. The van der Waals surface area contributed by atoms with Crippen LogP contribution in [0, 0.1) is 0 Å². The summed E-state index contributed by atoms with van der Waals surface area (Å²) in [5.41, 5.74) is 0. The zero-order valence-electron chi connectivity index (χ0n) is 7.52. The van der Waals surface area contributed by atoms with E-state index in [1.165, 1.54) is 4.90 Å². The van der Waals surface area contributed by atoms with E-state index in [9.17, 15) is 4.79 Å². The minimum absolute atomic E-state index is 0.0504. The number of rotatable bonds is 1. The normalized spacial score (nSPS) is 9.69. The number of thioether (sulfide) groups is 1. The van der Waals surface area contributed by atoms with Gasteiger partial charge in [0, 0.05) is 19.0 Å². The van der Waals surface area contributed by atoms with Crippen molar-refractivity contribution in [2.24, 2.45) is 0 Å². The first kappa shape index (κ1) is 9.92. The van der Waals surface area contributed by atoms with E-state index in [-0.39, 0.29) is 11.0 Å². The molecule has 1 N–H and O–H groups in total. The van der Waals surface area contributed by atoms with Gasteiger partial charge in [0.2, 0.25) is 0 Å². The molecule has 0 spiro atoms. The maximum absolute atomic E-state index is 11.2. The average molecular weight is 197 g/mol. The van der Waals surface area contributed by atoms with E-state index in [1.54, 1.807) is 38.4 Å². The molecule has 0 unspecified atom stereocenters. The van der Waals surface area contributed by atoms with E-state index < -0.39 is 0 Å². The fraction of sp³-hybridized carbons (Fsp3) is 0.222. The lowest BCUT2D eigenvalue weighted by Gasteiger charge is -2.08. The molecule has 1 aromatic carbocycles. The molecule has 0 aromatic heterocycles. The average Bonchev–Trinajstić information content (AvgIpc) is 2.04. The van der Waals surface area contributed by atoms with Gasteiger partial charge in [-0.15, -0.1) is 0 Å². The minimum atomic E-state index is -0.0504. The zero-order chi connectivity index (χ0) is 9.84. The van der Waals surface area contributed by atoms with Gasteiger partial charge in [-0.05, 0) is 30.0 Å². The van der Waals surface area contributed by atoms with E-state index in [0.717, 1.165) is 16.7 Å². The van der Waals surface area contributed by atoms with Crippen molar-refractivity contribution in [1.29, 1.82) is 0 Å². The van der Waals surface area contributed by atoms with E-state index in [0.29, 0.717) is 0 Å². The summed E-state index contributed by atoms with van der Waals surface area (Å²) in [6.07, 6.45) is 0. The Labute approximate surface area is 81.4 Å². The molecule has 0 heterocycles. The van der Waals surface area contributed by atoms with Crippen molar-refractivity contribution in [1.82, 2.24) is 4.90 Å². The second-order valence-corrected chi connectivity index (χ2v) is 3.78. The predicted octanol–water partition coefficient (Wildman–Crippen LogP) is 2.17. The van der Waals surface area contributed by atoms with Crippen LogP contribution in [0.2, 0.25) is 0 Å². The van der Waals surface area contributed by atoms with Gasteiger partial charge in [-0.2, -0.15) is 0 Å². The fourth-order valence-electron chi connectivity index (χ4n) is 0.739. The third kappa shape index (κ3) is 2.99. The van der Waals surface area contributed by atoms with Crippen LogP contribution >= 0.6 is 11.8 Å². The van der Waals surface area contributed by atoms with Crippen LogP contribution in [-0.2, 0) is 0 Å². The number of amides is 1. The van der Waals surface area contributed by atoms with Crippen LogP contribution in [0.4, 0.5) is 4.79 Å². The highest BCUT2D eigenvalue weighted by Crippen LogP contribution is 2.23. The standard InChI is InChI=1S/C9H11NO2S/c1-10(2)9(12)13-8-5-3-4-7(11)6-8/h3-6,11H,1-2H3. The van der Waals surface area contributed by atoms with E-state index in [1.807, 2.05) is 0 Å². The molecule has 0 atom stereocenters. The maximum Gasteiger partial charge on any atom is 0.285 e. The van der Waals surface area contributed by atoms with Gasteiger partial charge in [0.05, 0.1) is 0 Å². The Kier molecular flexibility index (Phi) is 3.19. The number of nitrogens with zero attached hydrogens (tertiary/aromatic N) is 1. The largest absolute Gasteiger partial charge is 0.508 e. The molecular weight excluding hydrogens is 186 g/mol. The van der Waals surface area contributed by atoms with Gasteiger partial charge in [-0.25, -0.2) is 0 Å². The lowest BCUT2D eigenvalue weighted by Crippen LogP contribution is -2.15. The Balaban J connectivity index is 2.69. The van der Waals surface area contributed by atoms with Crippen molar-refractivity contribution >= 4 is 17.0 Å². The quantitative estimate of drug-likeness (QED) is 0.701. The lowest BCUT2D eigenvalue weighted by molar-refractivity contribution is 0.241. The summed E-state index contributed by atoms with van der Waals surface area (Å²) < 4.78 is 0. The molecule has 13 heavy (non-hydrogen) atoms. The third-order valence-electron chi connectivity index (χ3n) is 1.39. The van der Waals surface area contributed by atoms with Gasteiger partial charge in [0.1, 0.15) is 5.75 Å². The number of hydrogen-bond acceptors (Lipinski definition) is 3. The molecule has 0 saturated heterocycles. The topological polar surface area (TPSA) is 40.5 Å². The third-order valence-corrected chi connectivity index (χ3v) is 2.42. The van der Waals surface area contributed by atoms with Gasteiger partial charge in [-0.3, -0.25) is 4.79 Å². The molecule has 1 rings (SSSR count). The summed E-state index contributed by atoms with van der Waals surface area (Å²) in [5.74, 6) is 0.177. The lowest BCUT2D eigenvalue weighted by atomic mass is 10.3. The van der Waals surface area contributed by atoms with Crippen molar-refractivity contribution in [3.63, 3.8) is 0 Å². The summed E-state index contributed by atoms with van der Waals surface area (Å²) in [7, 11) is 3.39. The van der Waals surface area contributed by atoms with Gasteiger partial charge in [0.25, 0.3) is 5.24 Å². The van der Waals surface area contributed by atoms with Crippen molar-refractivity contribution in [3.8, 4) is 5.75 Å².